The van der Waals surface area contributed by atoms with Gasteiger partial charge in [-0.2, -0.15) is 0 Å². The highest BCUT2D eigenvalue weighted by atomic mass is 16.5. The van der Waals surface area contributed by atoms with Crippen molar-refractivity contribution in [1.82, 2.24) is 5.32 Å². The highest BCUT2D eigenvalue weighted by molar-refractivity contribution is 4.97. The lowest BCUT2D eigenvalue weighted by atomic mass is 10.2. The lowest BCUT2D eigenvalue weighted by Crippen LogP contribution is -2.22. The third kappa shape index (κ3) is 3.96. The van der Waals surface area contributed by atoms with Gasteiger partial charge in [0.05, 0.1) is 32.1 Å². The van der Waals surface area contributed by atoms with Crippen LogP contribution in [-0.4, -0.2) is 32.5 Å². The minimum atomic E-state index is 0.324. The molecule has 2 heterocycles. The average Bonchev–Trinajstić information content (AvgIpc) is 2.96. The van der Waals surface area contributed by atoms with E-state index in [2.05, 4.69) is 5.32 Å². The summed E-state index contributed by atoms with van der Waals surface area (Å²) in [6, 6.07) is 3.85. The summed E-state index contributed by atoms with van der Waals surface area (Å²) < 4.78 is 16.2. The third-order valence-corrected chi connectivity index (χ3v) is 2.63. The van der Waals surface area contributed by atoms with Crippen LogP contribution in [0.15, 0.2) is 22.8 Å². The van der Waals surface area contributed by atoms with Gasteiger partial charge < -0.3 is 19.2 Å². The Labute approximate surface area is 95.9 Å². The number of ether oxygens (including phenoxy) is 2. The highest BCUT2D eigenvalue weighted by Crippen LogP contribution is 2.11. The summed E-state index contributed by atoms with van der Waals surface area (Å²) in [5.74, 6) is 0.958. The fraction of sp³-hybridized carbons (Fsp3) is 0.667. The first-order chi connectivity index (χ1) is 7.95. The number of hydrogen-bond acceptors (Lipinski definition) is 4. The quantitative estimate of drug-likeness (QED) is 0.715. The van der Waals surface area contributed by atoms with E-state index in [-0.39, 0.29) is 0 Å². The highest BCUT2D eigenvalue weighted by Gasteiger charge is 2.14. The Morgan fingerprint density at radius 1 is 1.50 bits per heavy atom. The molecule has 1 atom stereocenters. The fourth-order valence-electron chi connectivity index (χ4n) is 1.76. The van der Waals surface area contributed by atoms with Crippen LogP contribution in [0.4, 0.5) is 0 Å². The SMILES string of the molecule is c1coc(CNCCOCC2CCCO2)c1. The predicted molar refractivity (Wildman–Crippen MR) is 60.2 cm³/mol. The molecule has 90 valence electrons. The normalized spacial score (nSPS) is 20.4. The summed E-state index contributed by atoms with van der Waals surface area (Å²) in [7, 11) is 0. The molecular formula is C12H19NO3. The molecule has 2 rings (SSSR count). The summed E-state index contributed by atoms with van der Waals surface area (Å²) in [5.41, 5.74) is 0. The molecule has 1 aliphatic heterocycles. The van der Waals surface area contributed by atoms with Gasteiger partial charge in [-0.15, -0.1) is 0 Å². The lowest BCUT2D eigenvalue weighted by Gasteiger charge is -2.10. The van der Waals surface area contributed by atoms with Gasteiger partial charge in [-0.25, -0.2) is 0 Å². The average molecular weight is 225 g/mol. The summed E-state index contributed by atoms with van der Waals surface area (Å²) in [6.45, 7) is 3.94. The molecule has 1 aliphatic rings. The Balaban J connectivity index is 1.43. The van der Waals surface area contributed by atoms with E-state index in [0.29, 0.717) is 6.10 Å². The van der Waals surface area contributed by atoms with Gasteiger partial charge in [-0.3, -0.25) is 0 Å². The predicted octanol–water partition coefficient (Wildman–Crippen LogP) is 1.56. The fourth-order valence-corrected chi connectivity index (χ4v) is 1.76. The van der Waals surface area contributed by atoms with Crippen molar-refractivity contribution >= 4 is 0 Å². The van der Waals surface area contributed by atoms with Crippen molar-refractivity contribution < 1.29 is 13.9 Å². The van der Waals surface area contributed by atoms with Crippen molar-refractivity contribution in [3.05, 3.63) is 24.2 Å². The third-order valence-electron chi connectivity index (χ3n) is 2.63. The molecule has 4 nitrogen and oxygen atoms in total. The Bertz CT molecular complexity index is 268. The second kappa shape index (κ2) is 6.68. The molecule has 1 N–H and O–H groups in total. The van der Waals surface area contributed by atoms with E-state index in [9.17, 15) is 0 Å². The van der Waals surface area contributed by atoms with Crippen LogP contribution in [0, 0.1) is 0 Å². The molecule has 4 heteroatoms. The molecule has 0 spiro atoms. The first-order valence-electron chi connectivity index (χ1n) is 5.87. The van der Waals surface area contributed by atoms with E-state index < -0.39 is 0 Å². The zero-order chi connectivity index (χ0) is 11.1. The molecule has 0 saturated carbocycles. The maximum atomic E-state index is 5.52. The van der Waals surface area contributed by atoms with Crippen molar-refractivity contribution in [1.29, 1.82) is 0 Å². The van der Waals surface area contributed by atoms with Crippen LogP contribution in [0.5, 0.6) is 0 Å². The van der Waals surface area contributed by atoms with Gasteiger partial charge in [0.15, 0.2) is 0 Å². The number of rotatable bonds is 7. The molecule has 0 amide bonds. The van der Waals surface area contributed by atoms with Crippen LogP contribution in [-0.2, 0) is 16.0 Å². The number of furan rings is 1. The maximum Gasteiger partial charge on any atom is 0.117 e. The largest absolute Gasteiger partial charge is 0.468 e. The van der Waals surface area contributed by atoms with E-state index in [4.69, 9.17) is 13.9 Å². The van der Waals surface area contributed by atoms with E-state index >= 15 is 0 Å². The van der Waals surface area contributed by atoms with Gasteiger partial charge in [-0.1, -0.05) is 0 Å². The topological polar surface area (TPSA) is 43.6 Å². The number of nitrogens with one attached hydrogen (secondary N) is 1. The molecular weight excluding hydrogens is 206 g/mol. The lowest BCUT2D eigenvalue weighted by molar-refractivity contribution is 0.0182. The van der Waals surface area contributed by atoms with E-state index in [1.165, 1.54) is 6.42 Å². The van der Waals surface area contributed by atoms with E-state index in [0.717, 1.165) is 45.1 Å². The second-order valence-corrected chi connectivity index (χ2v) is 3.97. The minimum absolute atomic E-state index is 0.324. The van der Waals surface area contributed by atoms with Crippen LogP contribution in [0.2, 0.25) is 0 Å². The maximum absolute atomic E-state index is 5.52. The smallest absolute Gasteiger partial charge is 0.117 e. The Kier molecular flexibility index (Phi) is 4.86. The van der Waals surface area contributed by atoms with Crippen molar-refractivity contribution in [2.45, 2.75) is 25.5 Å². The first-order valence-corrected chi connectivity index (χ1v) is 5.87. The molecule has 1 saturated heterocycles. The van der Waals surface area contributed by atoms with Gasteiger partial charge in [0, 0.05) is 13.2 Å². The Morgan fingerprint density at radius 2 is 2.50 bits per heavy atom. The van der Waals surface area contributed by atoms with Crippen LogP contribution in [0.3, 0.4) is 0 Å². The van der Waals surface area contributed by atoms with Crippen molar-refractivity contribution in [2.24, 2.45) is 0 Å². The zero-order valence-electron chi connectivity index (χ0n) is 9.48. The van der Waals surface area contributed by atoms with E-state index in [1.54, 1.807) is 6.26 Å². The Hall–Kier alpha value is -0.840. The Morgan fingerprint density at radius 3 is 3.25 bits per heavy atom. The van der Waals surface area contributed by atoms with Gasteiger partial charge in [0.2, 0.25) is 0 Å². The summed E-state index contributed by atoms with van der Waals surface area (Å²) >= 11 is 0. The molecule has 1 unspecified atom stereocenters. The van der Waals surface area contributed by atoms with Crippen molar-refractivity contribution in [2.75, 3.05) is 26.4 Å². The van der Waals surface area contributed by atoms with Gasteiger partial charge >= 0.3 is 0 Å². The van der Waals surface area contributed by atoms with Crippen LogP contribution in [0.1, 0.15) is 18.6 Å². The second-order valence-electron chi connectivity index (χ2n) is 3.97. The first kappa shape index (κ1) is 11.6. The molecule has 1 aromatic heterocycles. The monoisotopic (exact) mass is 225 g/mol. The standard InChI is InChI=1S/C12H19NO3/c1-3-11(15-6-1)9-13-5-8-14-10-12-4-2-7-16-12/h1,3,6,12-13H,2,4-5,7-10H2. The summed E-state index contributed by atoms with van der Waals surface area (Å²) in [4.78, 5) is 0. The zero-order valence-corrected chi connectivity index (χ0v) is 9.48. The molecule has 0 aliphatic carbocycles. The van der Waals surface area contributed by atoms with Crippen LogP contribution >= 0.6 is 0 Å². The molecule has 0 aromatic carbocycles. The van der Waals surface area contributed by atoms with E-state index in [1.807, 2.05) is 12.1 Å². The molecule has 1 aromatic rings. The van der Waals surface area contributed by atoms with Gasteiger partial charge in [-0.05, 0) is 25.0 Å². The van der Waals surface area contributed by atoms with Gasteiger partial charge in [0.1, 0.15) is 5.76 Å². The molecule has 1 fully saturated rings. The summed E-state index contributed by atoms with van der Waals surface area (Å²) in [5, 5.41) is 3.25. The number of hydrogen-bond donors (Lipinski definition) is 1. The van der Waals surface area contributed by atoms with Crippen molar-refractivity contribution in [3.63, 3.8) is 0 Å². The van der Waals surface area contributed by atoms with Crippen molar-refractivity contribution in [3.8, 4) is 0 Å². The van der Waals surface area contributed by atoms with Crippen LogP contribution in [0.25, 0.3) is 0 Å². The van der Waals surface area contributed by atoms with Gasteiger partial charge in [0.25, 0.3) is 0 Å². The minimum Gasteiger partial charge on any atom is -0.468 e. The molecule has 0 radical (unpaired) electrons. The molecule has 0 bridgehead atoms. The molecule has 16 heavy (non-hydrogen) atoms. The summed E-state index contributed by atoms with van der Waals surface area (Å²) in [6.07, 6.45) is 4.32. The van der Waals surface area contributed by atoms with Crippen LogP contribution < -0.4 is 5.32 Å².